The molecule has 0 bridgehead atoms. The van der Waals surface area contributed by atoms with Gasteiger partial charge in [-0.3, -0.25) is 9.88 Å². The summed E-state index contributed by atoms with van der Waals surface area (Å²) in [5.41, 5.74) is 2.47. The minimum atomic E-state index is -0.467. The number of phenols is 1. The van der Waals surface area contributed by atoms with E-state index in [1.165, 1.54) is 25.7 Å². The molecule has 0 spiro atoms. The fraction of sp³-hybridized carbons (Fsp3) is 0.455. The van der Waals surface area contributed by atoms with Crippen LogP contribution in [0.2, 0.25) is 0 Å². The van der Waals surface area contributed by atoms with E-state index in [4.69, 9.17) is 18.6 Å². The minimum absolute atomic E-state index is 0.105. The summed E-state index contributed by atoms with van der Waals surface area (Å²) in [5, 5.41) is 14.1. The largest absolute Gasteiger partial charge is 0.507 e. The number of morpholine rings is 1. The average Bonchev–Trinajstić information content (AvgIpc) is 3.64. The van der Waals surface area contributed by atoms with Crippen LogP contribution in [0.5, 0.6) is 11.5 Å². The highest BCUT2D eigenvalue weighted by atomic mass is 16.5. The maximum atomic E-state index is 13.3. The first-order chi connectivity index (χ1) is 20.1. The summed E-state index contributed by atoms with van der Waals surface area (Å²) >= 11 is 0. The Hall–Kier alpha value is -3.62. The van der Waals surface area contributed by atoms with Crippen molar-refractivity contribution in [2.45, 2.75) is 52.0 Å². The summed E-state index contributed by atoms with van der Waals surface area (Å²) < 4.78 is 23.7. The molecule has 4 aromatic rings. The smallest absolute Gasteiger partial charge is 0.342 e. The Kier molecular flexibility index (Phi) is 8.12. The van der Waals surface area contributed by atoms with Gasteiger partial charge in [0.05, 0.1) is 32.5 Å². The topological polar surface area (TPSA) is 94.3 Å². The number of hydrogen-bond donors (Lipinski definition) is 1. The SMILES string of the molecule is CCOC(=O)c1c(C)oc2c1c(C(c1ccncc1)N1CCOCC1)c(O)c1cc(OCCC3CCCC3)ccc12. The molecule has 2 aliphatic rings. The Bertz CT molecular complexity index is 1520. The first kappa shape index (κ1) is 27.5. The molecule has 8 nitrogen and oxygen atoms in total. The predicted molar refractivity (Wildman–Crippen MR) is 157 cm³/mol. The molecule has 1 saturated heterocycles. The zero-order valence-electron chi connectivity index (χ0n) is 23.9. The maximum Gasteiger partial charge on any atom is 0.342 e. The number of benzene rings is 2. The molecule has 0 radical (unpaired) electrons. The number of nitrogens with zero attached hydrogens (tertiary/aromatic N) is 2. The number of furan rings is 1. The zero-order valence-corrected chi connectivity index (χ0v) is 23.9. The molecule has 2 aromatic carbocycles. The van der Waals surface area contributed by atoms with E-state index >= 15 is 0 Å². The Balaban J connectivity index is 1.54. The molecule has 2 aromatic heterocycles. The second-order valence-corrected chi connectivity index (χ2v) is 11.0. The second-order valence-electron chi connectivity index (χ2n) is 11.0. The molecular formula is C33H38N2O6. The van der Waals surface area contributed by atoms with Crippen LogP contribution in [-0.2, 0) is 9.47 Å². The number of phenolic OH excluding ortho intramolecular Hbond substituents is 1. The quantitative estimate of drug-likeness (QED) is 0.231. The van der Waals surface area contributed by atoms with Crippen molar-refractivity contribution >= 4 is 27.7 Å². The Morgan fingerprint density at radius 3 is 2.61 bits per heavy atom. The van der Waals surface area contributed by atoms with E-state index in [9.17, 15) is 9.90 Å². The van der Waals surface area contributed by atoms with Crippen LogP contribution in [-0.4, -0.2) is 60.5 Å². The number of ether oxygens (including phenoxy) is 3. The molecule has 1 atom stereocenters. The number of carbonyl (C=O) groups excluding carboxylic acids is 1. The third-order valence-electron chi connectivity index (χ3n) is 8.55. The van der Waals surface area contributed by atoms with Crippen molar-refractivity contribution in [3.05, 3.63) is 65.2 Å². The molecule has 1 unspecified atom stereocenters. The molecule has 41 heavy (non-hydrogen) atoms. The van der Waals surface area contributed by atoms with Crippen LogP contribution in [0.3, 0.4) is 0 Å². The lowest BCUT2D eigenvalue weighted by molar-refractivity contribution is 0.0238. The van der Waals surface area contributed by atoms with Crippen LogP contribution in [0.15, 0.2) is 47.1 Å². The van der Waals surface area contributed by atoms with Crippen molar-refractivity contribution in [2.24, 2.45) is 5.92 Å². The summed E-state index contributed by atoms with van der Waals surface area (Å²) in [5.74, 6) is 1.53. The second kappa shape index (κ2) is 12.1. The molecule has 8 heteroatoms. The van der Waals surface area contributed by atoms with Crippen molar-refractivity contribution in [3.63, 3.8) is 0 Å². The molecule has 216 valence electrons. The van der Waals surface area contributed by atoms with E-state index in [1.54, 1.807) is 26.2 Å². The van der Waals surface area contributed by atoms with Gasteiger partial charge in [-0.25, -0.2) is 4.79 Å². The molecule has 6 rings (SSSR count). The van der Waals surface area contributed by atoms with Crippen LogP contribution in [0, 0.1) is 12.8 Å². The highest BCUT2D eigenvalue weighted by Gasteiger charge is 2.34. The van der Waals surface area contributed by atoms with E-state index in [2.05, 4.69) is 9.88 Å². The number of rotatable bonds is 9. The number of pyridine rings is 1. The van der Waals surface area contributed by atoms with Gasteiger partial charge in [0.15, 0.2) is 0 Å². The average molecular weight is 559 g/mol. The Morgan fingerprint density at radius 1 is 1.12 bits per heavy atom. The number of carbonyl (C=O) groups is 1. The van der Waals surface area contributed by atoms with Crippen LogP contribution in [0.25, 0.3) is 21.7 Å². The predicted octanol–water partition coefficient (Wildman–Crippen LogP) is 6.55. The third kappa shape index (κ3) is 5.38. The summed E-state index contributed by atoms with van der Waals surface area (Å²) in [7, 11) is 0. The van der Waals surface area contributed by atoms with Crippen LogP contribution < -0.4 is 4.74 Å². The summed E-state index contributed by atoms with van der Waals surface area (Å²) in [6.07, 6.45) is 9.72. The van der Waals surface area contributed by atoms with Gasteiger partial charge < -0.3 is 23.7 Å². The molecule has 1 N–H and O–H groups in total. The third-order valence-corrected chi connectivity index (χ3v) is 8.55. The van der Waals surface area contributed by atoms with E-state index in [1.807, 2.05) is 30.3 Å². The molecule has 1 aliphatic heterocycles. The fourth-order valence-corrected chi connectivity index (χ4v) is 6.56. The number of fused-ring (bicyclic) bond motifs is 3. The van der Waals surface area contributed by atoms with Gasteiger partial charge in [-0.05, 0) is 62.1 Å². The summed E-state index contributed by atoms with van der Waals surface area (Å²) in [4.78, 5) is 19.8. The number of aryl methyl sites for hydroxylation is 1. The minimum Gasteiger partial charge on any atom is -0.507 e. The van der Waals surface area contributed by atoms with Gasteiger partial charge in [0.25, 0.3) is 0 Å². The van der Waals surface area contributed by atoms with E-state index < -0.39 is 5.97 Å². The van der Waals surface area contributed by atoms with Gasteiger partial charge >= 0.3 is 5.97 Å². The van der Waals surface area contributed by atoms with E-state index in [0.29, 0.717) is 71.9 Å². The van der Waals surface area contributed by atoms with Crippen molar-refractivity contribution < 1.29 is 28.5 Å². The van der Waals surface area contributed by atoms with Gasteiger partial charge in [-0.15, -0.1) is 0 Å². The van der Waals surface area contributed by atoms with Gasteiger partial charge in [0.1, 0.15) is 28.4 Å². The van der Waals surface area contributed by atoms with Gasteiger partial charge in [0, 0.05) is 47.2 Å². The Labute approximate surface area is 240 Å². The molecule has 3 heterocycles. The van der Waals surface area contributed by atoms with Crippen LogP contribution >= 0.6 is 0 Å². The van der Waals surface area contributed by atoms with E-state index in [0.717, 1.165) is 23.3 Å². The number of aromatic nitrogens is 1. The number of esters is 1. The first-order valence-corrected chi connectivity index (χ1v) is 14.8. The summed E-state index contributed by atoms with van der Waals surface area (Å²) in [6.45, 7) is 6.93. The highest BCUT2D eigenvalue weighted by Crippen LogP contribution is 2.48. The first-order valence-electron chi connectivity index (χ1n) is 14.8. The number of aromatic hydroxyl groups is 1. The Morgan fingerprint density at radius 2 is 1.88 bits per heavy atom. The van der Waals surface area contributed by atoms with Gasteiger partial charge in [0.2, 0.25) is 0 Å². The molecule has 0 amide bonds. The molecular weight excluding hydrogens is 520 g/mol. The van der Waals surface area contributed by atoms with Gasteiger partial charge in [-0.1, -0.05) is 25.7 Å². The number of hydrogen-bond acceptors (Lipinski definition) is 8. The van der Waals surface area contributed by atoms with Crippen molar-refractivity contribution in [1.82, 2.24) is 9.88 Å². The molecule has 1 aliphatic carbocycles. The van der Waals surface area contributed by atoms with Crippen molar-refractivity contribution in [1.29, 1.82) is 0 Å². The maximum absolute atomic E-state index is 13.3. The standard InChI is InChI=1S/C33H38N2O6/c1-3-39-33(37)27-21(2)41-32-25-9-8-24(40-17-12-22-6-4-5-7-22)20-26(25)31(36)29(28(27)32)30(23-10-13-34-14-11-23)35-15-18-38-19-16-35/h8-11,13-14,20,22,30,36H,3-7,12,15-19H2,1-2H3. The lowest BCUT2D eigenvalue weighted by Gasteiger charge is -2.36. The van der Waals surface area contributed by atoms with Crippen LogP contribution in [0.4, 0.5) is 0 Å². The molecule has 2 fully saturated rings. The van der Waals surface area contributed by atoms with Crippen molar-refractivity contribution in [2.75, 3.05) is 39.5 Å². The van der Waals surface area contributed by atoms with Crippen molar-refractivity contribution in [3.8, 4) is 11.5 Å². The summed E-state index contributed by atoms with van der Waals surface area (Å²) in [6, 6.07) is 9.27. The lowest BCUT2D eigenvalue weighted by atomic mass is 9.89. The zero-order chi connectivity index (χ0) is 28.3. The highest BCUT2D eigenvalue weighted by molar-refractivity contribution is 6.17. The fourth-order valence-electron chi connectivity index (χ4n) is 6.56. The molecule has 1 saturated carbocycles. The van der Waals surface area contributed by atoms with E-state index in [-0.39, 0.29) is 18.4 Å². The monoisotopic (exact) mass is 558 g/mol. The lowest BCUT2D eigenvalue weighted by Crippen LogP contribution is -2.39. The van der Waals surface area contributed by atoms with Crippen LogP contribution in [0.1, 0.15) is 72.3 Å². The van der Waals surface area contributed by atoms with Gasteiger partial charge in [-0.2, -0.15) is 0 Å². The normalized spacial score (nSPS) is 17.3.